The summed E-state index contributed by atoms with van der Waals surface area (Å²) in [4.78, 5) is 34.6. The van der Waals surface area contributed by atoms with Crippen molar-refractivity contribution >= 4 is 39.6 Å². The third kappa shape index (κ3) is 5.07. The molecule has 2 aromatic carbocycles. The number of hydrogen-bond acceptors (Lipinski definition) is 6. The minimum atomic E-state index is -0.186. The first-order chi connectivity index (χ1) is 16.9. The number of carbonyl (C=O) groups is 1. The molecule has 0 unspecified atom stereocenters. The normalized spacial score (nSPS) is 14.4. The van der Waals surface area contributed by atoms with Crippen LogP contribution in [0.2, 0.25) is 5.02 Å². The summed E-state index contributed by atoms with van der Waals surface area (Å²) < 4.78 is 1.37. The smallest absolute Gasteiger partial charge is 0.321 e. The molecule has 1 aliphatic heterocycles. The number of aromatic nitrogens is 3. The molecular weight excluding hydrogens is 484 g/mol. The Kier molecular flexibility index (Phi) is 6.55. The highest BCUT2D eigenvalue weighted by atomic mass is 35.5. The van der Waals surface area contributed by atoms with Crippen LogP contribution in [0, 0.1) is 13.8 Å². The topological polar surface area (TPSA) is 82.8 Å². The van der Waals surface area contributed by atoms with E-state index in [1.165, 1.54) is 15.9 Å². The van der Waals surface area contributed by atoms with Crippen LogP contribution in [-0.2, 0) is 6.54 Å². The fraction of sp³-hybridized carbons (Fsp3) is 0.280. The lowest BCUT2D eigenvalue weighted by molar-refractivity contribution is 0.142. The van der Waals surface area contributed by atoms with Gasteiger partial charge < -0.3 is 10.2 Å². The predicted molar refractivity (Wildman–Crippen MR) is 139 cm³/mol. The minimum absolute atomic E-state index is 0.165. The number of aryl methyl sites for hydroxylation is 2. The molecule has 0 aliphatic carbocycles. The van der Waals surface area contributed by atoms with Crippen molar-refractivity contribution in [3.05, 3.63) is 80.7 Å². The molecular formula is C25H25ClN6O2S. The van der Waals surface area contributed by atoms with Crippen molar-refractivity contribution in [1.29, 1.82) is 0 Å². The van der Waals surface area contributed by atoms with Gasteiger partial charge in [0, 0.05) is 44.4 Å². The van der Waals surface area contributed by atoms with E-state index in [0.29, 0.717) is 54.1 Å². The lowest BCUT2D eigenvalue weighted by Crippen LogP contribution is -2.49. The maximum absolute atomic E-state index is 12.7. The van der Waals surface area contributed by atoms with Crippen molar-refractivity contribution in [3.8, 4) is 10.6 Å². The molecule has 0 saturated carbocycles. The number of urea groups is 1. The van der Waals surface area contributed by atoms with Crippen molar-refractivity contribution in [3.63, 3.8) is 0 Å². The third-order valence-electron chi connectivity index (χ3n) is 6.08. The van der Waals surface area contributed by atoms with Gasteiger partial charge in [-0.2, -0.15) is 9.61 Å². The lowest BCUT2D eigenvalue weighted by atomic mass is 10.1. The fourth-order valence-electron chi connectivity index (χ4n) is 4.11. The Morgan fingerprint density at radius 2 is 1.86 bits per heavy atom. The van der Waals surface area contributed by atoms with Crippen LogP contribution >= 0.6 is 22.9 Å². The quantitative estimate of drug-likeness (QED) is 0.440. The highest BCUT2D eigenvalue weighted by molar-refractivity contribution is 7.19. The summed E-state index contributed by atoms with van der Waals surface area (Å²) >= 11 is 7.66. The Labute approximate surface area is 211 Å². The lowest BCUT2D eigenvalue weighted by Gasteiger charge is -2.34. The molecule has 10 heteroatoms. The number of fused-ring (bicyclic) bond motifs is 1. The van der Waals surface area contributed by atoms with Gasteiger partial charge in [-0.3, -0.25) is 9.69 Å². The molecule has 0 bridgehead atoms. The summed E-state index contributed by atoms with van der Waals surface area (Å²) in [5.74, 6) is 0. The molecule has 5 rings (SSSR count). The molecule has 35 heavy (non-hydrogen) atoms. The highest BCUT2D eigenvalue weighted by Crippen LogP contribution is 2.27. The molecule has 1 saturated heterocycles. The van der Waals surface area contributed by atoms with E-state index in [1.54, 1.807) is 11.0 Å². The van der Waals surface area contributed by atoms with Gasteiger partial charge in [-0.05, 0) is 37.1 Å². The fourth-order valence-corrected chi connectivity index (χ4v) is 5.41. The Hall–Kier alpha value is -3.27. The van der Waals surface area contributed by atoms with Crippen molar-refractivity contribution in [1.82, 2.24) is 24.4 Å². The molecule has 0 spiro atoms. The number of benzene rings is 2. The van der Waals surface area contributed by atoms with Gasteiger partial charge >= 0.3 is 6.03 Å². The molecule has 1 aliphatic rings. The zero-order chi connectivity index (χ0) is 24.5. The van der Waals surface area contributed by atoms with E-state index >= 15 is 0 Å². The Balaban J connectivity index is 1.24. The summed E-state index contributed by atoms with van der Waals surface area (Å²) in [5.41, 5.74) is 4.28. The van der Waals surface area contributed by atoms with Crippen molar-refractivity contribution in [2.75, 3.05) is 31.5 Å². The zero-order valence-corrected chi connectivity index (χ0v) is 21.1. The molecule has 0 radical (unpaired) electrons. The maximum Gasteiger partial charge on any atom is 0.321 e. The van der Waals surface area contributed by atoms with Gasteiger partial charge in [0.25, 0.3) is 5.56 Å². The largest absolute Gasteiger partial charge is 0.322 e. The number of halogens is 1. The second-order valence-corrected chi connectivity index (χ2v) is 10.0. The standard InChI is InChI=1S/C25H25ClN6O2S/c1-16-7-8-21(20(26)13-16)28-24(34)31-11-9-30(10-12-31)15-18-14-22(33)32-25(27-18)35-23(29-32)19-6-4-3-5-17(19)2/h3-8,13-14H,9-12,15H2,1-2H3,(H,28,34). The number of piperazine rings is 1. The summed E-state index contributed by atoms with van der Waals surface area (Å²) in [6.45, 7) is 7.06. The van der Waals surface area contributed by atoms with E-state index in [-0.39, 0.29) is 11.6 Å². The first-order valence-electron chi connectivity index (χ1n) is 11.4. The van der Waals surface area contributed by atoms with Crippen LogP contribution in [0.15, 0.2) is 53.3 Å². The number of rotatable bonds is 4. The van der Waals surface area contributed by atoms with Gasteiger partial charge in [-0.1, -0.05) is 53.3 Å². The van der Waals surface area contributed by atoms with Gasteiger partial charge in [0.2, 0.25) is 4.96 Å². The van der Waals surface area contributed by atoms with Gasteiger partial charge in [0.1, 0.15) is 5.01 Å². The van der Waals surface area contributed by atoms with Gasteiger partial charge in [-0.15, -0.1) is 0 Å². The zero-order valence-electron chi connectivity index (χ0n) is 19.5. The Morgan fingerprint density at radius 3 is 2.60 bits per heavy atom. The molecule has 1 fully saturated rings. The second-order valence-electron chi connectivity index (χ2n) is 8.68. The summed E-state index contributed by atoms with van der Waals surface area (Å²) in [6.07, 6.45) is 0. The van der Waals surface area contributed by atoms with Gasteiger partial charge in [0.05, 0.1) is 16.4 Å². The van der Waals surface area contributed by atoms with Crippen LogP contribution in [0.25, 0.3) is 15.5 Å². The van der Waals surface area contributed by atoms with Crippen LogP contribution < -0.4 is 10.9 Å². The monoisotopic (exact) mass is 508 g/mol. The number of hydrogen-bond donors (Lipinski definition) is 1. The van der Waals surface area contributed by atoms with Crippen LogP contribution in [0.3, 0.4) is 0 Å². The molecule has 2 amide bonds. The number of anilines is 1. The molecule has 3 heterocycles. The van der Waals surface area contributed by atoms with E-state index in [9.17, 15) is 9.59 Å². The molecule has 1 N–H and O–H groups in total. The SMILES string of the molecule is Cc1ccc(NC(=O)N2CCN(Cc3cc(=O)n4nc(-c5ccccc5C)sc4n3)CC2)c(Cl)c1. The summed E-state index contributed by atoms with van der Waals surface area (Å²) in [5, 5.41) is 8.69. The molecule has 180 valence electrons. The predicted octanol–water partition coefficient (Wildman–Crippen LogP) is 4.44. The van der Waals surface area contributed by atoms with Crippen molar-refractivity contribution in [2.45, 2.75) is 20.4 Å². The van der Waals surface area contributed by atoms with Crippen molar-refractivity contribution < 1.29 is 4.79 Å². The van der Waals surface area contributed by atoms with Crippen LogP contribution in [-0.4, -0.2) is 56.6 Å². The van der Waals surface area contributed by atoms with Crippen LogP contribution in [0.4, 0.5) is 10.5 Å². The third-order valence-corrected chi connectivity index (χ3v) is 7.34. The van der Waals surface area contributed by atoms with Crippen LogP contribution in [0.1, 0.15) is 16.8 Å². The van der Waals surface area contributed by atoms with E-state index in [4.69, 9.17) is 16.6 Å². The summed E-state index contributed by atoms with van der Waals surface area (Å²) in [7, 11) is 0. The Morgan fingerprint density at radius 1 is 1.09 bits per heavy atom. The second kappa shape index (κ2) is 9.77. The average molecular weight is 509 g/mol. The van der Waals surface area contributed by atoms with E-state index in [1.807, 2.05) is 56.3 Å². The van der Waals surface area contributed by atoms with Crippen LogP contribution in [0.5, 0.6) is 0 Å². The molecule has 4 aromatic rings. The average Bonchev–Trinajstić information content (AvgIpc) is 3.26. The first-order valence-corrected chi connectivity index (χ1v) is 12.6. The first kappa shape index (κ1) is 23.5. The maximum atomic E-state index is 12.7. The van der Waals surface area contributed by atoms with Gasteiger partial charge in [-0.25, -0.2) is 9.78 Å². The van der Waals surface area contributed by atoms with Gasteiger partial charge in [0.15, 0.2) is 0 Å². The Bertz CT molecular complexity index is 1460. The number of carbonyl (C=O) groups excluding carboxylic acids is 1. The van der Waals surface area contributed by atoms with Crippen molar-refractivity contribution in [2.24, 2.45) is 0 Å². The molecule has 2 aromatic heterocycles. The number of nitrogens with one attached hydrogen (secondary N) is 1. The minimum Gasteiger partial charge on any atom is -0.322 e. The number of nitrogens with zero attached hydrogens (tertiary/aromatic N) is 5. The van der Waals surface area contributed by atoms with E-state index < -0.39 is 0 Å². The summed E-state index contributed by atoms with van der Waals surface area (Å²) in [6, 6.07) is 14.9. The highest BCUT2D eigenvalue weighted by Gasteiger charge is 2.22. The molecule has 0 atom stereocenters. The number of amides is 2. The molecule has 8 nitrogen and oxygen atoms in total. The van der Waals surface area contributed by atoms with E-state index in [0.717, 1.165) is 21.7 Å². The van der Waals surface area contributed by atoms with E-state index in [2.05, 4.69) is 15.3 Å².